The fraction of sp³-hybridized carbons (Fsp3) is 0.947. The van der Waals surface area contributed by atoms with Crippen LogP contribution in [-0.2, 0) is 9.53 Å². The van der Waals surface area contributed by atoms with Gasteiger partial charge in [0.15, 0.2) is 0 Å². The Kier molecular flexibility index (Phi) is 5.92. The van der Waals surface area contributed by atoms with Crippen molar-refractivity contribution in [1.29, 1.82) is 0 Å². The number of halogens is 2. The lowest BCUT2D eigenvalue weighted by Crippen LogP contribution is -2.38. The van der Waals surface area contributed by atoms with Crippen molar-refractivity contribution in [2.45, 2.75) is 95.5 Å². The number of alkyl halides is 2. The predicted octanol–water partition coefficient (Wildman–Crippen LogP) is 5.15. The highest BCUT2D eigenvalue weighted by Gasteiger charge is 2.40. The zero-order valence-electron chi connectivity index (χ0n) is 14.0. The van der Waals surface area contributed by atoms with Gasteiger partial charge >= 0.3 is 5.97 Å². The van der Waals surface area contributed by atoms with Crippen LogP contribution in [0.4, 0.5) is 8.78 Å². The first-order chi connectivity index (χ1) is 11.1. The Hall–Kier alpha value is -0.670. The van der Waals surface area contributed by atoms with Crippen LogP contribution in [0, 0.1) is 17.8 Å². The van der Waals surface area contributed by atoms with E-state index in [1.165, 1.54) is 32.1 Å². The Bertz CT molecular complexity index is 387. The summed E-state index contributed by atoms with van der Waals surface area (Å²) in [6.45, 7) is 0. The highest BCUT2D eigenvalue weighted by atomic mass is 19.1. The number of ether oxygens (including phenoxy) is 1. The summed E-state index contributed by atoms with van der Waals surface area (Å²) in [5, 5.41) is 0. The van der Waals surface area contributed by atoms with Crippen LogP contribution >= 0.6 is 0 Å². The van der Waals surface area contributed by atoms with Crippen molar-refractivity contribution in [1.82, 2.24) is 0 Å². The molecule has 3 unspecified atom stereocenters. The van der Waals surface area contributed by atoms with Gasteiger partial charge in [-0.1, -0.05) is 32.1 Å². The molecule has 0 saturated heterocycles. The van der Waals surface area contributed by atoms with E-state index in [4.69, 9.17) is 4.74 Å². The van der Waals surface area contributed by atoms with Gasteiger partial charge in [0.1, 0.15) is 18.4 Å². The van der Waals surface area contributed by atoms with Gasteiger partial charge in [-0.15, -0.1) is 0 Å². The van der Waals surface area contributed by atoms with Crippen molar-refractivity contribution in [3.8, 4) is 0 Å². The van der Waals surface area contributed by atoms with Crippen LogP contribution in [0.25, 0.3) is 0 Å². The van der Waals surface area contributed by atoms with Gasteiger partial charge in [-0.05, 0) is 56.8 Å². The van der Waals surface area contributed by atoms with E-state index in [0.29, 0.717) is 50.4 Å². The first-order valence-electron chi connectivity index (χ1n) is 9.62. The molecule has 0 aromatic rings. The maximum Gasteiger partial charge on any atom is 0.312 e. The molecular formula is C19H30F2O2. The van der Waals surface area contributed by atoms with E-state index in [9.17, 15) is 13.6 Å². The summed E-state index contributed by atoms with van der Waals surface area (Å²) >= 11 is 0. The van der Waals surface area contributed by atoms with E-state index in [0.717, 1.165) is 6.42 Å². The van der Waals surface area contributed by atoms with Crippen molar-refractivity contribution in [3.05, 3.63) is 0 Å². The number of carbonyl (C=O) groups is 1. The molecule has 0 N–H and O–H groups in total. The zero-order chi connectivity index (χ0) is 16.2. The molecule has 0 aromatic heterocycles. The average Bonchev–Trinajstić information content (AvgIpc) is 2.57. The Balaban J connectivity index is 1.46. The minimum atomic E-state index is -1.05. The third-order valence-electron chi connectivity index (χ3n) is 6.32. The molecule has 132 valence electrons. The second kappa shape index (κ2) is 7.94. The molecule has 0 radical (unpaired) electrons. The van der Waals surface area contributed by atoms with E-state index in [-0.39, 0.29) is 12.1 Å². The van der Waals surface area contributed by atoms with Gasteiger partial charge in [0, 0.05) is 0 Å². The molecule has 2 nitrogen and oxygen atoms in total. The first kappa shape index (κ1) is 17.2. The van der Waals surface area contributed by atoms with E-state index in [1.807, 2.05) is 0 Å². The Labute approximate surface area is 138 Å². The molecule has 0 aliphatic heterocycles. The van der Waals surface area contributed by atoms with Crippen molar-refractivity contribution in [2.75, 3.05) is 0 Å². The minimum Gasteiger partial charge on any atom is -0.462 e. The molecule has 3 aliphatic carbocycles. The summed E-state index contributed by atoms with van der Waals surface area (Å²) < 4.78 is 33.2. The molecule has 3 fully saturated rings. The van der Waals surface area contributed by atoms with Gasteiger partial charge in [0.2, 0.25) is 0 Å². The van der Waals surface area contributed by atoms with Crippen LogP contribution in [0.1, 0.15) is 77.0 Å². The molecule has 3 saturated carbocycles. The monoisotopic (exact) mass is 328 g/mol. The molecular weight excluding hydrogens is 298 g/mol. The standard InChI is InChI=1S/C19H30F2O2/c20-15-7-9-16(10-8-15)23-19(22)17-11-6-14(12-18(17)21)13-4-2-1-3-5-13/h13-18H,1-12H2. The second-order valence-corrected chi connectivity index (χ2v) is 7.90. The lowest BCUT2D eigenvalue weighted by molar-refractivity contribution is -0.160. The van der Waals surface area contributed by atoms with Crippen molar-refractivity contribution < 1.29 is 18.3 Å². The van der Waals surface area contributed by atoms with Crippen LogP contribution in [0.5, 0.6) is 0 Å². The molecule has 0 spiro atoms. The molecule has 3 atom stereocenters. The molecule has 4 heteroatoms. The van der Waals surface area contributed by atoms with Crippen molar-refractivity contribution in [2.24, 2.45) is 17.8 Å². The van der Waals surface area contributed by atoms with Gasteiger partial charge < -0.3 is 4.74 Å². The number of hydrogen-bond donors (Lipinski definition) is 0. The fourth-order valence-electron chi connectivity index (χ4n) is 4.84. The van der Waals surface area contributed by atoms with Gasteiger partial charge in [0.05, 0.1) is 5.92 Å². The van der Waals surface area contributed by atoms with Crippen LogP contribution < -0.4 is 0 Å². The number of hydrogen-bond acceptors (Lipinski definition) is 2. The summed E-state index contributed by atoms with van der Waals surface area (Å²) in [5.74, 6) is 0.162. The van der Waals surface area contributed by atoms with Crippen LogP contribution in [0.3, 0.4) is 0 Å². The molecule has 0 aromatic carbocycles. The highest BCUT2D eigenvalue weighted by Crippen LogP contribution is 2.41. The minimum absolute atomic E-state index is 0.197. The number of carbonyl (C=O) groups excluding carboxylic acids is 1. The van der Waals surface area contributed by atoms with E-state index < -0.39 is 18.3 Å². The van der Waals surface area contributed by atoms with Gasteiger partial charge in [-0.3, -0.25) is 4.79 Å². The van der Waals surface area contributed by atoms with Crippen LogP contribution in [0.2, 0.25) is 0 Å². The summed E-state index contributed by atoms with van der Waals surface area (Å²) in [7, 11) is 0. The first-order valence-corrected chi connectivity index (χ1v) is 9.62. The Morgan fingerprint density at radius 2 is 1.48 bits per heavy atom. The molecule has 3 aliphatic rings. The molecule has 0 bridgehead atoms. The lowest BCUT2D eigenvalue weighted by atomic mass is 9.70. The topological polar surface area (TPSA) is 26.3 Å². The molecule has 3 rings (SSSR count). The van der Waals surface area contributed by atoms with Crippen molar-refractivity contribution in [3.63, 3.8) is 0 Å². The van der Waals surface area contributed by atoms with E-state index in [1.54, 1.807) is 0 Å². The third-order valence-corrected chi connectivity index (χ3v) is 6.32. The predicted molar refractivity (Wildman–Crippen MR) is 85.5 cm³/mol. The largest absolute Gasteiger partial charge is 0.462 e. The van der Waals surface area contributed by atoms with Crippen LogP contribution in [-0.4, -0.2) is 24.4 Å². The summed E-state index contributed by atoms with van der Waals surface area (Å²) in [6, 6.07) is 0. The Morgan fingerprint density at radius 3 is 2.13 bits per heavy atom. The fourth-order valence-corrected chi connectivity index (χ4v) is 4.84. The molecule has 23 heavy (non-hydrogen) atoms. The van der Waals surface area contributed by atoms with E-state index >= 15 is 0 Å². The van der Waals surface area contributed by atoms with Crippen molar-refractivity contribution >= 4 is 5.97 Å². The number of rotatable bonds is 3. The van der Waals surface area contributed by atoms with Gasteiger partial charge in [-0.2, -0.15) is 0 Å². The summed E-state index contributed by atoms with van der Waals surface area (Å²) in [5.41, 5.74) is 0. The SMILES string of the molecule is O=C(OC1CCC(F)CC1)C1CCC(C2CCCCC2)CC1F. The normalized spacial score (nSPS) is 39.8. The highest BCUT2D eigenvalue weighted by molar-refractivity contribution is 5.73. The lowest BCUT2D eigenvalue weighted by Gasteiger charge is -2.37. The van der Waals surface area contributed by atoms with Crippen LogP contribution in [0.15, 0.2) is 0 Å². The zero-order valence-corrected chi connectivity index (χ0v) is 14.0. The summed E-state index contributed by atoms with van der Waals surface area (Å²) in [4.78, 5) is 12.3. The summed E-state index contributed by atoms with van der Waals surface area (Å²) in [6.07, 6.45) is 8.55. The van der Waals surface area contributed by atoms with Gasteiger partial charge in [0.25, 0.3) is 0 Å². The Morgan fingerprint density at radius 1 is 0.783 bits per heavy atom. The average molecular weight is 328 g/mol. The van der Waals surface area contributed by atoms with E-state index in [2.05, 4.69) is 0 Å². The smallest absolute Gasteiger partial charge is 0.312 e. The molecule has 0 heterocycles. The number of esters is 1. The quantitative estimate of drug-likeness (QED) is 0.670. The maximum absolute atomic E-state index is 14.6. The molecule has 0 amide bonds. The third kappa shape index (κ3) is 4.45. The second-order valence-electron chi connectivity index (χ2n) is 7.90. The maximum atomic E-state index is 14.6. The van der Waals surface area contributed by atoms with Gasteiger partial charge in [-0.25, -0.2) is 8.78 Å².